The van der Waals surface area contributed by atoms with E-state index in [1.807, 2.05) is 0 Å². The van der Waals surface area contributed by atoms with E-state index in [9.17, 15) is 14.0 Å². The molecule has 0 spiro atoms. The highest BCUT2D eigenvalue weighted by molar-refractivity contribution is 9.10. The van der Waals surface area contributed by atoms with E-state index in [4.69, 9.17) is 4.74 Å². The molecular formula is C13H16BrFN2O3. The van der Waals surface area contributed by atoms with E-state index in [1.165, 1.54) is 25.1 Å². The lowest BCUT2D eigenvalue weighted by Gasteiger charge is -2.16. The SMILES string of the molecule is CC(C)NC(=O)NC(=O)[C@H](C)Oc1ccc(F)cc1Br. The van der Waals surface area contributed by atoms with E-state index < -0.39 is 23.9 Å². The molecule has 1 atom stereocenters. The highest BCUT2D eigenvalue weighted by atomic mass is 79.9. The van der Waals surface area contributed by atoms with Crippen LogP contribution in [0.2, 0.25) is 0 Å². The summed E-state index contributed by atoms with van der Waals surface area (Å²) in [5.74, 6) is -0.685. The molecule has 0 unspecified atom stereocenters. The van der Waals surface area contributed by atoms with Crippen LogP contribution in [-0.4, -0.2) is 24.1 Å². The van der Waals surface area contributed by atoms with Gasteiger partial charge in [-0.15, -0.1) is 0 Å². The van der Waals surface area contributed by atoms with Gasteiger partial charge in [-0.3, -0.25) is 10.1 Å². The predicted molar refractivity (Wildman–Crippen MR) is 76.0 cm³/mol. The number of urea groups is 1. The van der Waals surface area contributed by atoms with Crippen molar-refractivity contribution in [2.45, 2.75) is 32.9 Å². The molecule has 0 saturated heterocycles. The van der Waals surface area contributed by atoms with Crippen LogP contribution in [0.5, 0.6) is 5.75 Å². The second-order valence-electron chi connectivity index (χ2n) is 4.45. The summed E-state index contributed by atoms with van der Waals surface area (Å²) in [7, 11) is 0. The molecule has 5 nitrogen and oxygen atoms in total. The Morgan fingerprint density at radius 1 is 1.30 bits per heavy atom. The summed E-state index contributed by atoms with van der Waals surface area (Å²) in [4.78, 5) is 23.1. The fourth-order valence-electron chi connectivity index (χ4n) is 1.33. The van der Waals surface area contributed by atoms with Gasteiger partial charge in [-0.25, -0.2) is 9.18 Å². The number of carbonyl (C=O) groups excluding carboxylic acids is 2. The monoisotopic (exact) mass is 346 g/mol. The normalized spacial score (nSPS) is 11.9. The lowest BCUT2D eigenvalue weighted by atomic mass is 10.3. The molecule has 0 heterocycles. The summed E-state index contributed by atoms with van der Waals surface area (Å²) in [6.07, 6.45) is -0.894. The van der Waals surface area contributed by atoms with Crippen molar-refractivity contribution in [2.75, 3.05) is 0 Å². The van der Waals surface area contributed by atoms with Crippen molar-refractivity contribution in [3.63, 3.8) is 0 Å². The van der Waals surface area contributed by atoms with E-state index in [-0.39, 0.29) is 6.04 Å². The van der Waals surface area contributed by atoms with Crippen LogP contribution >= 0.6 is 15.9 Å². The molecule has 1 aromatic rings. The fraction of sp³-hybridized carbons (Fsp3) is 0.385. The van der Waals surface area contributed by atoms with Gasteiger partial charge in [0.2, 0.25) is 0 Å². The molecule has 1 aromatic carbocycles. The second kappa shape index (κ2) is 7.23. The van der Waals surface area contributed by atoms with Crippen molar-refractivity contribution < 1.29 is 18.7 Å². The van der Waals surface area contributed by atoms with E-state index in [0.29, 0.717) is 10.2 Å². The van der Waals surface area contributed by atoms with Crippen LogP contribution in [0.25, 0.3) is 0 Å². The summed E-state index contributed by atoms with van der Waals surface area (Å²) >= 11 is 3.13. The Bertz CT molecular complexity index is 508. The maximum Gasteiger partial charge on any atom is 0.321 e. The van der Waals surface area contributed by atoms with Crippen LogP contribution in [0.3, 0.4) is 0 Å². The molecule has 20 heavy (non-hydrogen) atoms. The highest BCUT2D eigenvalue weighted by Gasteiger charge is 2.18. The van der Waals surface area contributed by atoms with Gasteiger partial charge in [0.15, 0.2) is 6.10 Å². The highest BCUT2D eigenvalue weighted by Crippen LogP contribution is 2.26. The zero-order chi connectivity index (χ0) is 15.3. The van der Waals surface area contributed by atoms with Crippen LogP contribution in [0.4, 0.5) is 9.18 Å². The average molecular weight is 347 g/mol. The Labute approximate surface area is 125 Å². The number of hydrogen-bond donors (Lipinski definition) is 2. The maximum atomic E-state index is 12.9. The van der Waals surface area contributed by atoms with Gasteiger partial charge in [-0.05, 0) is 54.9 Å². The first-order valence-electron chi connectivity index (χ1n) is 6.02. The number of amides is 3. The molecule has 0 bridgehead atoms. The predicted octanol–water partition coefficient (Wildman–Crippen LogP) is 2.59. The zero-order valence-electron chi connectivity index (χ0n) is 11.4. The van der Waals surface area contributed by atoms with Crippen molar-refractivity contribution in [3.05, 3.63) is 28.5 Å². The van der Waals surface area contributed by atoms with Crippen molar-refractivity contribution in [3.8, 4) is 5.75 Å². The molecule has 0 aliphatic rings. The Morgan fingerprint density at radius 2 is 1.95 bits per heavy atom. The van der Waals surface area contributed by atoms with Crippen LogP contribution < -0.4 is 15.4 Å². The molecular weight excluding hydrogens is 331 g/mol. The van der Waals surface area contributed by atoms with Crippen molar-refractivity contribution >= 4 is 27.9 Å². The van der Waals surface area contributed by atoms with Gasteiger partial charge in [0.05, 0.1) is 4.47 Å². The van der Waals surface area contributed by atoms with Crippen molar-refractivity contribution in [2.24, 2.45) is 0 Å². The molecule has 2 N–H and O–H groups in total. The van der Waals surface area contributed by atoms with Gasteiger partial charge in [-0.2, -0.15) is 0 Å². The summed E-state index contributed by atoms with van der Waals surface area (Å²) < 4.78 is 18.7. The van der Waals surface area contributed by atoms with Crippen LogP contribution in [0.1, 0.15) is 20.8 Å². The summed E-state index contributed by atoms with van der Waals surface area (Å²) in [5.41, 5.74) is 0. The summed E-state index contributed by atoms with van der Waals surface area (Å²) in [5, 5.41) is 4.68. The lowest BCUT2D eigenvalue weighted by Crippen LogP contribution is -2.47. The van der Waals surface area contributed by atoms with E-state index >= 15 is 0 Å². The first-order chi connectivity index (χ1) is 9.29. The molecule has 0 radical (unpaired) electrons. The molecule has 0 saturated carbocycles. The number of imide groups is 1. The number of ether oxygens (including phenoxy) is 1. The topological polar surface area (TPSA) is 67.4 Å². The average Bonchev–Trinajstić information content (AvgIpc) is 2.31. The molecule has 0 aliphatic carbocycles. The first kappa shape index (κ1) is 16.4. The number of halogens is 2. The number of carbonyl (C=O) groups is 2. The molecule has 7 heteroatoms. The Balaban J connectivity index is 2.59. The third-order valence-corrected chi connectivity index (χ3v) is 2.84. The molecule has 0 aliphatic heterocycles. The Morgan fingerprint density at radius 3 is 2.50 bits per heavy atom. The van der Waals surface area contributed by atoms with Crippen LogP contribution in [-0.2, 0) is 4.79 Å². The number of benzene rings is 1. The van der Waals surface area contributed by atoms with Gasteiger partial charge < -0.3 is 10.1 Å². The third-order valence-electron chi connectivity index (χ3n) is 2.22. The molecule has 0 fully saturated rings. The van der Waals surface area contributed by atoms with E-state index in [0.717, 1.165) is 0 Å². The van der Waals surface area contributed by atoms with Crippen molar-refractivity contribution in [1.82, 2.24) is 10.6 Å². The van der Waals surface area contributed by atoms with Gasteiger partial charge in [0.1, 0.15) is 11.6 Å². The quantitative estimate of drug-likeness (QED) is 0.880. The third kappa shape index (κ3) is 5.16. The first-order valence-corrected chi connectivity index (χ1v) is 6.82. The summed E-state index contributed by atoms with van der Waals surface area (Å²) in [6, 6.07) is 3.18. The molecule has 110 valence electrons. The fourth-order valence-corrected chi connectivity index (χ4v) is 1.77. The number of rotatable bonds is 4. The maximum absolute atomic E-state index is 12.9. The summed E-state index contributed by atoms with van der Waals surface area (Å²) in [6.45, 7) is 5.05. The Kier molecular flexibility index (Phi) is 5.94. The van der Waals surface area contributed by atoms with Crippen LogP contribution in [0.15, 0.2) is 22.7 Å². The van der Waals surface area contributed by atoms with Gasteiger partial charge in [0, 0.05) is 6.04 Å². The van der Waals surface area contributed by atoms with Gasteiger partial charge in [0.25, 0.3) is 5.91 Å². The number of nitrogens with one attached hydrogen (secondary N) is 2. The second-order valence-corrected chi connectivity index (χ2v) is 5.31. The zero-order valence-corrected chi connectivity index (χ0v) is 13.0. The smallest absolute Gasteiger partial charge is 0.321 e. The van der Waals surface area contributed by atoms with E-state index in [2.05, 4.69) is 26.6 Å². The van der Waals surface area contributed by atoms with E-state index in [1.54, 1.807) is 13.8 Å². The minimum Gasteiger partial charge on any atom is -0.480 e. The number of hydrogen-bond acceptors (Lipinski definition) is 3. The van der Waals surface area contributed by atoms with Gasteiger partial charge >= 0.3 is 6.03 Å². The molecule has 0 aromatic heterocycles. The Hall–Kier alpha value is -1.63. The van der Waals surface area contributed by atoms with Crippen LogP contribution in [0, 0.1) is 5.82 Å². The standard InChI is InChI=1S/C13H16BrFN2O3/c1-7(2)16-13(19)17-12(18)8(3)20-11-5-4-9(15)6-10(11)14/h4-8H,1-3H3,(H2,16,17,18,19)/t8-/m0/s1. The molecule has 3 amide bonds. The minimum absolute atomic E-state index is 0.0785. The minimum atomic E-state index is -0.894. The van der Waals surface area contributed by atoms with Crippen molar-refractivity contribution in [1.29, 1.82) is 0 Å². The van der Waals surface area contributed by atoms with Gasteiger partial charge in [-0.1, -0.05) is 0 Å². The molecule has 1 rings (SSSR count). The largest absolute Gasteiger partial charge is 0.480 e. The lowest BCUT2D eigenvalue weighted by molar-refractivity contribution is -0.126.